The molecule has 172 valence electrons. The summed E-state index contributed by atoms with van der Waals surface area (Å²) in [6.45, 7) is 3.07. The SMILES string of the molecule is CC(=O)c1ccc(OCC2CN(C(=O)c3ccc(OCC(F)(F)F)nc3)CCO2)cc1C. The number of alkyl halides is 3. The fourth-order valence-electron chi connectivity index (χ4n) is 3.25. The Hall–Kier alpha value is -3.14. The molecule has 1 saturated heterocycles. The number of ketones is 1. The van der Waals surface area contributed by atoms with Crippen molar-refractivity contribution in [1.82, 2.24) is 9.88 Å². The molecule has 2 aromatic rings. The largest absolute Gasteiger partial charge is 0.491 e. The van der Waals surface area contributed by atoms with E-state index in [0.717, 1.165) is 5.56 Å². The summed E-state index contributed by atoms with van der Waals surface area (Å²) in [4.78, 5) is 29.6. The van der Waals surface area contributed by atoms with Crippen LogP contribution in [0.15, 0.2) is 36.5 Å². The van der Waals surface area contributed by atoms with Crippen LogP contribution < -0.4 is 9.47 Å². The maximum Gasteiger partial charge on any atom is 0.422 e. The number of ether oxygens (including phenoxy) is 3. The molecule has 7 nitrogen and oxygen atoms in total. The van der Waals surface area contributed by atoms with Crippen LogP contribution in [0, 0.1) is 6.92 Å². The van der Waals surface area contributed by atoms with Gasteiger partial charge in [-0.15, -0.1) is 0 Å². The number of benzene rings is 1. The molecular weight excluding hydrogens is 429 g/mol. The monoisotopic (exact) mass is 452 g/mol. The first kappa shape index (κ1) is 23.5. The standard InChI is InChI=1S/C22H23F3N2O5/c1-14-9-17(4-5-19(14)15(2)28)31-12-18-11-27(7-8-30-18)21(29)16-3-6-20(26-10-16)32-13-22(23,24)25/h3-6,9-10,18H,7-8,11-13H2,1-2H3. The van der Waals surface area contributed by atoms with Gasteiger partial charge in [-0.2, -0.15) is 13.2 Å². The highest BCUT2D eigenvalue weighted by Gasteiger charge is 2.29. The number of aromatic nitrogens is 1. The van der Waals surface area contributed by atoms with Crippen LogP contribution in [0.2, 0.25) is 0 Å². The second-order valence-corrected chi connectivity index (χ2v) is 7.38. The Morgan fingerprint density at radius 1 is 1.22 bits per heavy atom. The van der Waals surface area contributed by atoms with Crippen molar-refractivity contribution in [2.24, 2.45) is 0 Å². The van der Waals surface area contributed by atoms with Crippen LogP contribution in [0.3, 0.4) is 0 Å². The molecule has 1 aromatic carbocycles. The molecule has 10 heteroatoms. The molecule has 1 unspecified atom stereocenters. The Morgan fingerprint density at radius 3 is 2.62 bits per heavy atom. The Balaban J connectivity index is 1.54. The summed E-state index contributed by atoms with van der Waals surface area (Å²) >= 11 is 0. The van der Waals surface area contributed by atoms with Crippen molar-refractivity contribution in [3.8, 4) is 11.6 Å². The normalized spacial score (nSPS) is 16.5. The Kier molecular flexibility index (Phi) is 7.34. The highest BCUT2D eigenvalue weighted by Crippen LogP contribution is 2.20. The third-order valence-corrected chi connectivity index (χ3v) is 4.81. The number of rotatable bonds is 7. The lowest BCUT2D eigenvalue weighted by atomic mass is 10.1. The van der Waals surface area contributed by atoms with E-state index in [4.69, 9.17) is 9.47 Å². The molecular formula is C22H23F3N2O5. The van der Waals surface area contributed by atoms with Gasteiger partial charge >= 0.3 is 6.18 Å². The Morgan fingerprint density at radius 2 is 2.00 bits per heavy atom. The summed E-state index contributed by atoms with van der Waals surface area (Å²) in [6.07, 6.45) is -3.63. The van der Waals surface area contributed by atoms with Crippen LogP contribution >= 0.6 is 0 Å². The van der Waals surface area contributed by atoms with Gasteiger partial charge in [-0.05, 0) is 43.7 Å². The molecule has 1 aliphatic rings. The number of halogens is 3. The fourth-order valence-corrected chi connectivity index (χ4v) is 3.25. The molecule has 0 spiro atoms. The van der Waals surface area contributed by atoms with Gasteiger partial charge in [-0.1, -0.05) is 0 Å². The third-order valence-electron chi connectivity index (χ3n) is 4.81. The second kappa shape index (κ2) is 9.99. The van der Waals surface area contributed by atoms with Crippen molar-refractivity contribution >= 4 is 11.7 Å². The van der Waals surface area contributed by atoms with E-state index in [1.54, 1.807) is 23.1 Å². The quantitative estimate of drug-likeness (QED) is 0.599. The lowest BCUT2D eigenvalue weighted by Gasteiger charge is -2.32. The minimum Gasteiger partial charge on any atom is -0.491 e. The van der Waals surface area contributed by atoms with E-state index in [2.05, 4.69) is 9.72 Å². The number of nitrogens with zero attached hydrogens (tertiary/aromatic N) is 2. The first-order valence-electron chi connectivity index (χ1n) is 9.93. The highest BCUT2D eigenvalue weighted by molar-refractivity contribution is 5.95. The van der Waals surface area contributed by atoms with Crippen LogP contribution in [-0.4, -0.2) is 66.8 Å². The smallest absolute Gasteiger partial charge is 0.422 e. The number of morpholine rings is 1. The van der Waals surface area contributed by atoms with Gasteiger partial charge in [0.1, 0.15) is 18.5 Å². The topological polar surface area (TPSA) is 78.0 Å². The van der Waals surface area contributed by atoms with Crippen molar-refractivity contribution in [3.05, 3.63) is 53.2 Å². The molecule has 0 N–H and O–H groups in total. The summed E-state index contributed by atoms with van der Waals surface area (Å²) in [7, 11) is 0. The molecule has 3 rings (SSSR count). The minimum atomic E-state index is -4.46. The predicted octanol–water partition coefficient (Wildman–Crippen LogP) is 3.45. The van der Waals surface area contributed by atoms with Crippen molar-refractivity contribution < 1.29 is 37.0 Å². The molecule has 1 aromatic heterocycles. The average Bonchev–Trinajstić information content (AvgIpc) is 2.75. The average molecular weight is 452 g/mol. The first-order chi connectivity index (χ1) is 15.1. The highest BCUT2D eigenvalue weighted by atomic mass is 19.4. The number of hydrogen-bond acceptors (Lipinski definition) is 6. The van der Waals surface area contributed by atoms with Crippen molar-refractivity contribution in [1.29, 1.82) is 0 Å². The van der Waals surface area contributed by atoms with Crippen molar-refractivity contribution in [2.45, 2.75) is 26.1 Å². The molecule has 1 atom stereocenters. The Bertz CT molecular complexity index is 963. The molecule has 0 aliphatic carbocycles. The van der Waals surface area contributed by atoms with Crippen LogP contribution in [0.25, 0.3) is 0 Å². The maximum atomic E-state index is 12.7. The Labute approximate surface area is 183 Å². The summed E-state index contributed by atoms with van der Waals surface area (Å²) in [5, 5.41) is 0. The number of carbonyl (C=O) groups excluding carboxylic acids is 2. The molecule has 1 amide bonds. The van der Waals surface area contributed by atoms with E-state index < -0.39 is 12.8 Å². The number of hydrogen-bond donors (Lipinski definition) is 0. The van der Waals surface area contributed by atoms with Gasteiger partial charge in [0.25, 0.3) is 5.91 Å². The van der Waals surface area contributed by atoms with Crippen LogP contribution in [0.1, 0.15) is 33.2 Å². The zero-order valence-electron chi connectivity index (χ0n) is 17.6. The number of carbonyl (C=O) groups is 2. The van der Waals surface area contributed by atoms with Gasteiger partial charge in [0.15, 0.2) is 12.4 Å². The number of aryl methyl sites for hydroxylation is 1. The van der Waals surface area contributed by atoms with Crippen LogP contribution in [-0.2, 0) is 4.74 Å². The van der Waals surface area contributed by atoms with Gasteiger partial charge in [0.2, 0.25) is 5.88 Å². The minimum absolute atomic E-state index is 0.0201. The van der Waals surface area contributed by atoms with Crippen LogP contribution in [0.5, 0.6) is 11.6 Å². The predicted molar refractivity (Wildman–Crippen MR) is 108 cm³/mol. The van der Waals surface area contributed by atoms with E-state index in [1.807, 2.05) is 6.92 Å². The third kappa shape index (κ3) is 6.43. The van der Waals surface area contributed by atoms with E-state index in [0.29, 0.717) is 24.5 Å². The molecule has 1 fully saturated rings. The van der Waals surface area contributed by atoms with Crippen molar-refractivity contribution in [3.63, 3.8) is 0 Å². The van der Waals surface area contributed by atoms with Gasteiger partial charge < -0.3 is 19.1 Å². The molecule has 1 aliphatic heterocycles. The van der Waals surface area contributed by atoms with Crippen LogP contribution in [0.4, 0.5) is 13.2 Å². The fraction of sp³-hybridized carbons (Fsp3) is 0.409. The van der Waals surface area contributed by atoms with E-state index in [-0.39, 0.29) is 42.4 Å². The molecule has 0 saturated carbocycles. The van der Waals surface area contributed by atoms with Gasteiger partial charge in [-0.25, -0.2) is 4.98 Å². The van der Waals surface area contributed by atoms with E-state index in [1.165, 1.54) is 25.3 Å². The summed E-state index contributed by atoms with van der Waals surface area (Å²) < 4.78 is 52.7. The molecule has 32 heavy (non-hydrogen) atoms. The zero-order chi connectivity index (χ0) is 23.3. The zero-order valence-corrected chi connectivity index (χ0v) is 17.6. The maximum absolute atomic E-state index is 12.7. The van der Waals surface area contributed by atoms with Gasteiger partial charge in [0, 0.05) is 24.4 Å². The number of pyridine rings is 1. The van der Waals surface area contributed by atoms with Gasteiger partial charge in [-0.3, -0.25) is 9.59 Å². The first-order valence-corrected chi connectivity index (χ1v) is 9.93. The lowest BCUT2D eigenvalue weighted by molar-refractivity contribution is -0.154. The summed E-state index contributed by atoms with van der Waals surface area (Å²) in [5.41, 5.74) is 1.68. The molecule has 0 radical (unpaired) electrons. The summed E-state index contributed by atoms with van der Waals surface area (Å²) in [6, 6.07) is 7.80. The number of amides is 1. The lowest BCUT2D eigenvalue weighted by Crippen LogP contribution is -2.47. The van der Waals surface area contributed by atoms with Gasteiger partial charge in [0.05, 0.1) is 18.7 Å². The molecule has 0 bridgehead atoms. The number of Topliss-reactive ketones (excluding diaryl/α,β-unsaturated/α-hetero) is 1. The van der Waals surface area contributed by atoms with Crippen molar-refractivity contribution in [2.75, 3.05) is 32.9 Å². The molecule has 2 heterocycles. The second-order valence-electron chi connectivity index (χ2n) is 7.38. The van der Waals surface area contributed by atoms with E-state index >= 15 is 0 Å². The van der Waals surface area contributed by atoms with E-state index in [9.17, 15) is 22.8 Å². The summed E-state index contributed by atoms with van der Waals surface area (Å²) in [5.74, 6) is 0.0551.